The Morgan fingerprint density at radius 3 is 2.62 bits per heavy atom. The standard InChI is InChI=1S/C18H23N3O6S2/c1-12(27-13(2)22)21-18-9-5-8-17(16(18)11-19-21)20-29(25,26)15-7-4-6-14(10-15)28(3,23)24/h4,6-7,10-12,17,20H,5,8-9H2,1-3H3. The molecular formula is C18H23N3O6S2. The minimum absolute atomic E-state index is 0.0623. The molecule has 29 heavy (non-hydrogen) atoms. The lowest BCUT2D eigenvalue weighted by Crippen LogP contribution is -2.31. The molecule has 0 radical (unpaired) electrons. The summed E-state index contributed by atoms with van der Waals surface area (Å²) >= 11 is 0. The summed E-state index contributed by atoms with van der Waals surface area (Å²) in [5.41, 5.74) is 1.53. The Kier molecular flexibility index (Phi) is 5.84. The molecule has 2 atom stereocenters. The third kappa shape index (κ3) is 4.68. The van der Waals surface area contributed by atoms with E-state index >= 15 is 0 Å². The number of aromatic nitrogens is 2. The van der Waals surface area contributed by atoms with E-state index in [1.54, 1.807) is 17.8 Å². The molecule has 2 unspecified atom stereocenters. The summed E-state index contributed by atoms with van der Waals surface area (Å²) in [4.78, 5) is 11.0. The third-order valence-electron chi connectivity index (χ3n) is 4.74. The number of carbonyl (C=O) groups excluding carboxylic acids is 1. The average Bonchev–Trinajstić information content (AvgIpc) is 3.06. The second-order valence-corrected chi connectivity index (χ2v) is 10.7. The summed E-state index contributed by atoms with van der Waals surface area (Å²) in [6.45, 7) is 3.01. The lowest BCUT2D eigenvalue weighted by Gasteiger charge is -2.25. The van der Waals surface area contributed by atoms with Gasteiger partial charge in [-0.05, 0) is 44.4 Å². The number of fused-ring (bicyclic) bond motifs is 1. The van der Waals surface area contributed by atoms with Crippen LogP contribution in [0.25, 0.3) is 0 Å². The van der Waals surface area contributed by atoms with Gasteiger partial charge in [-0.3, -0.25) is 4.79 Å². The fraction of sp³-hybridized carbons (Fsp3) is 0.444. The van der Waals surface area contributed by atoms with E-state index in [2.05, 4.69) is 9.82 Å². The second-order valence-electron chi connectivity index (χ2n) is 7.01. The second kappa shape index (κ2) is 7.88. The Morgan fingerprint density at radius 2 is 1.97 bits per heavy atom. The summed E-state index contributed by atoms with van der Waals surface area (Å²) in [5, 5.41) is 4.28. The van der Waals surface area contributed by atoms with Crippen molar-refractivity contribution in [1.29, 1.82) is 0 Å². The number of ether oxygens (including phenoxy) is 1. The van der Waals surface area contributed by atoms with Crippen LogP contribution < -0.4 is 4.72 Å². The largest absolute Gasteiger partial charge is 0.440 e. The molecule has 0 bridgehead atoms. The van der Waals surface area contributed by atoms with E-state index < -0.39 is 38.1 Å². The summed E-state index contributed by atoms with van der Waals surface area (Å²) < 4.78 is 58.7. The molecule has 1 N–H and O–H groups in total. The van der Waals surface area contributed by atoms with Gasteiger partial charge in [0.25, 0.3) is 0 Å². The van der Waals surface area contributed by atoms with E-state index in [9.17, 15) is 21.6 Å². The molecule has 1 aliphatic carbocycles. The maximum absolute atomic E-state index is 12.9. The number of benzene rings is 1. The molecule has 0 saturated heterocycles. The molecule has 9 nitrogen and oxygen atoms in total. The van der Waals surface area contributed by atoms with Gasteiger partial charge in [0, 0.05) is 24.4 Å². The molecule has 0 aliphatic heterocycles. The van der Waals surface area contributed by atoms with Gasteiger partial charge in [-0.1, -0.05) is 6.07 Å². The smallest absolute Gasteiger partial charge is 0.304 e. The minimum Gasteiger partial charge on any atom is -0.440 e. The number of nitrogens with one attached hydrogen (secondary N) is 1. The van der Waals surface area contributed by atoms with Crippen LogP contribution in [-0.2, 0) is 35.8 Å². The zero-order chi connectivity index (χ0) is 21.4. The summed E-state index contributed by atoms with van der Waals surface area (Å²) in [6.07, 6.45) is 3.99. The molecular weight excluding hydrogens is 418 g/mol. The molecule has 158 valence electrons. The molecule has 1 heterocycles. The van der Waals surface area contributed by atoms with Crippen molar-refractivity contribution >= 4 is 25.8 Å². The van der Waals surface area contributed by atoms with Gasteiger partial charge in [0.1, 0.15) is 0 Å². The molecule has 1 aromatic heterocycles. The van der Waals surface area contributed by atoms with Gasteiger partial charge in [0.15, 0.2) is 16.1 Å². The minimum atomic E-state index is -3.95. The van der Waals surface area contributed by atoms with Crippen LogP contribution in [0.3, 0.4) is 0 Å². The molecule has 0 spiro atoms. The van der Waals surface area contributed by atoms with E-state index in [0.717, 1.165) is 30.0 Å². The highest BCUT2D eigenvalue weighted by atomic mass is 32.2. The number of hydrogen-bond acceptors (Lipinski definition) is 7. The first-order valence-corrected chi connectivity index (χ1v) is 12.4. The van der Waals surface area contributed by atoms with Gasteiger partial charge in [-0.25, -0.2) is 26.2 Å². The predicted molar refractivity (Wildman–Crippen MR) is 104 cm³/mol. The molecule has 11 heteroatoms. The van der Waals surface area contributed by atoms with E-state index in [4.69, 9.17) is 4.74 Å². The van der Waals surface area contributed by atoms with Crippen LogP contribution in [0.4, 0.5) is 0 Å². The van der Waals surface area contributed by atoms with Crippen molar-refractivity contribution in [1.82, 2.24) is 14.5 Å². The van der Waals surface area contributed by atoms with Gasteiger partial charge in [-0.15, -0.1) is 0 Å². The highest BCUT2D eigenvalue weighted by Crippen LogP contribution is 2.32. The lowest BCUT2D eigenvalue weighted by atomic mass is 9.94. The number of nitrogens with zero attached hydrogens (tertiary/aromatic N) is 2. The summed E-state index contributed by atoms with van der Waals surface area (Å²) in [6, 6.07) is 4.74. The zero-order valence-corrected chi connectivity index (χ0v) is 18.0. The third-order valence-corrected chi connectivity index (χ3v) is 7.31. The molecule has 2 aromatic rings. The first kappa shape index (κ1) is 21.5. The van der Waals surface area contributed by atoms with Crippen LogP contribution in [0.2, 0.25) is 0 Å². The Morgan fingerprint density at radius 1 is 1.28 bits per heavy atom. The fourth-order valence-electron chi connectivity index (χ4n) is 3.43. The van der Waals surface area contributed by atoms with Crippen molar-refractivity contribution < 1.29 is 26.4 Å². The van der Waals surface area contributed by atoms with Crippen LogP contribution in [0.1, 0.15) is 50.2 Å². The molecule has 1 aromatic carbocycles. The Bertz CT molecular complexity index is 1140. The molecule has 0 saturated carbocycles. The molecule has 3 rings (SSSR count). The summed E-state index contributed by atoms with van der Waals surface area (Å²) in [7, 11) is -7.48. The van der Waals surface area contributed by atoms with E-state index in [-0.39, 0.29) is 9.79 Å². The number of esters is 1. The first-order valence-electron chi connectivity index (χ1n) is 9.05. The van der Waals surface area contributed by atoms with Gasteiger partial charge in [0.05, 0.1) is 22.0 Å². The number of sulfone groups is 1. The highest BCUT2D eigenvalue weighted by Gasteiger charge is 2.30. The molecule has 1 aliphatic rings. The van der Waals surface area contributed by atoms with Gasteiger partial charge < -0.3 is 4.74 Å². The topological polar surface area (TPSA) is 124 Å². The van der Waals surface area contributed by atoms with Gasteiger partial charge in [0.2, 0.25) is 10.0 Å². The van der Waals surface area contributed by atoms with Crippen molar-refractivity contribution in [3.63, 3.8) is 0 Å². The maximum atomic E-state index is 12.9. The molecule has 0 fully saturated rings. The monoisotopic (exact) mass is 441 g/mol. The predicted octanol–water partition coefficient (Wildman–Crippen LogP) is 1.72. The van der Waals surface area contributed by atoms with Crippen molar-refractivity contribution in [2.24, 2.45) is 0 Å². The van der Waals surface area contributed by atoms with Crippen molar-refractivity contribution in [2.45, 2.75) is 55.2 Å². The van der Waals surface area contributed by atoms with E-state index in [0.29, 0.717) is 12.8 Å². The fourth-order valence-corrected chi connectivity index (χ4v) is 5.47. The van der Waals surface area contributed by atoms with Gasteiger partial charge >= 0.3 is 5.97 Å². The van der Waals surface area contributed by atoms with Crippen LogP contribution >= 0.6 is 0 Å². The number of sulfonamides is 1. The lowest BCUT2D eigenvalue weighted by molar-refractivity contribution is -0.150. The van der Waals surface area contributed by atoms with Crippen molar-refractivity contribution in [2.75, 3.05) is 6.26 Å². The van der Waals surface area contributed by atoms with E-state index in [1.165, 1.54) is 25.1 Å². The van der Waals surface area contributed by atoms with Crippen molar-refractivity contribution in [3.8, 4) is 0 Å². The number of hydrogen-bond donors (Lipinski definition) is 1. The quantitative estimate of drug-likeness (QED) is 0.677. The summed E-state index contributed by atoms with van der Waals surface area (Å²) in [5.74, 6) is -0.430. The average molecular weight is 442 g/mol. The molecule has 0 amide bonds. The Hall–Kier alpha value is -2.24. The number of carbonyl (C=O) groups is 1. The van der Waals surface area contributed by atoms with Crippen LogP contribution in [0.15, 0.2) is 40.3 Å². The first-order chi connectivity index (χ1) is 13.5. The highest BCUT2D eigenvalue weighted by molar-refractivity contribution is 7.91. The number of rotatable bonds is 6. The normalized spacial score (nSPS) is 18.1. The Labute approximate surface area is 170 Å². The van der Waals surface area contributed by atoms with Crippen LogP contribution in [0.5, 0.6) is 0 Å². The SMILES string of the molecule is CC(=O)OC(C)n1ncc2c1CCCC2NS(=O)(=O)c1cccc(S(C)(=O)=O)c1. The van der Waals surface area contributed by atoms with Crippen LogP contribution in [-0.4, -0.2) is 38.8 Å². The van der Waals surface area contributed by atoms with Crippen LogP contribution in [0, 0.1) is 0 Å². The van der Waals surface area contributed by atoms with Gasteiger partial charge in [-0.2, -0.15) is 5.10 Å². The van der Waals surface area contributed by atoms with E-state index in [1.807, 2.05) is 0 Å². The van der Waals surface area contributed by atoms with Crippen molar-refractivity contribution in [3.05, 3.63) is 41.7 Å². The zero-order valence-electron chi connectivity index (χ0n) is 16.3. The Balaban J connectivity index is 1.89. The maximum Gasteiger partial charge on any atom is 0.304 e.